The second-order valence-electron chi connectivity index (χ2n) is 4.46. The van der Waals surface area contributed by atoms with E-state index in [0.717, 1.165) is 11.5 Å². The molecule has 4 heteroatoms. The van der Waals surface area contributed by atoms with Crippen LogP contribution in [0.3, 0.4) is 0 Å². The molecule has 0 aromatic heterocycles. The Balaban J connectivity index is 1.88. The number of benzene rings is 2. The van der Waals surface area contributed by atoms with Gasteiger partial charge in [-0.05, 0) is 42.8 Å². The molecule has 0 aliphatic carbocycles. The maximum Gasteiger partial charge on any atom is 0.293 e. The molecule has 1 atom stereocenters. The van der Waals surface area contributed by atoms with Gasteiger partial charge in [-0.1, -0.05) is 25.1 Å². The van der Waals surface area contributed by atoms with Crippen molar-refractivity contribution in [3.8, 4) is 17.2 Å². The molecular formula is C17H18O4. The Kier molecular flexibility index (Phi) is 5.64. The van der Waals surface area contributed by atoms with Gasteiger partial charge in [-0.25, -0.2) is 0 Å². The highest BCUT2D eigenvalue weighted by Gasteiger charge is 2.07. The zero-order valence-electron chi connectivity index (χ0n) is 11.9. The summed E-state index contributed by atoms with van der Waals surface area (Å²) in [6, 6.07) is 16.9. The second-order valence-corrected chi connectivity index (χ2v) is 4.46. The van der Waals surface area contributed by atoms with Gasteiger partial charge >= 0.3 is 0 Å². The molecule has 0 saturated heterocycles. The number of hydrogen-bond donors (Lipinski definition) is 0. The van der Waals surface area contributed by atoms with Crippen LogP contribution in [0.15, 0.2) is 54.6 Å². The number of para-hydroxylation sites is 1. The summed E-state index contributed by atoms with van der Waals surface area (Å²) in [4.78, 5) is 10.3. The van der Waals surface area contributed by atoms with E-state index in [-0.39, 0.29) is 6.10 Å². The van der Waals surface area contributed by atoms with Crippen molar-refractivity contribution in [1.29, 1.82) is 0 Å². The average Bonchev–Trinajstić information content (AvgIpc) is 2.54. The molecule has 0 aliphatic rings. The van der Waals surface area contributed by atoms with Gasteiger partial charge in [-0.15, -0.1) is 0 Å². The van der Waals surface area contributed by atoms with Gasteiger partial charge in [0.1, 0.15) is 30.0 Å². The standard InChI is InChI=1S/C17H18O4/c1-2-14(20-13-18)12-19-15-8-10-17(11-9-15)21-16-6-4-3-5-7-16/h3-11,13-14H,2,12H2,1H3. The van der Waals surface area contributed by atoms with Crippen LogP contribution in [-0.2, 0) is 9.53 Å². The second kappa shape index (κ2) is 7.94. The third-order valence-electron chi connectivity index (χ3n) is 2.94. The zero-order valence-corrected chi connectivity index (χ0v) is 11.9. The summed E-state index contributed by atoms with van der Waals surface area (Å²) in [7, 11) is 0. The third kappa shape index (κ3) is 4.84. The van der Waals surface area contributed by atoms with Crippen molar-refractivity contribution >= 4 is 6.47 Å². The highest BCUT2D eigenvalue weighted by molar-refractivity contribution is 5.37. The van der Waals surface area contributed by atoms with Gasteiger partial charge in [0.05, 0.1) is 0 Å². The molecular weight excluding hydrogens is 268 g/mol. The lowest BCUT2D eigenvalue weighted by Crippen LogP contribution is -2.20. The van der Waals surface area contributed by atoms with Gasteiger partial charge in [0.2, 0.25) is 0 Å². The minimum absolute atomic E-state index is 0.220. The first-order valence-electron chi connectivity index (χ1n) is 6.86. The molecule has 0 saturated carbocycles. The zero-order chi connectivity index (χ0) is 14.9. The van der Waals surface area contributed by atoms with E-state index in [2.05, 4.69) is 0 Å². The largest absolute Gasteiger partial charge is 0.490 e. The quantitative estimate of drug-likeness (QED) is 0.692. The fourth-order valence-corrected chi connectivity index (χ4v) is 1.75. The number of carbonyl (C=O) groups excluding carboxylic acids is 1. The van der Waals surface area contributed by atoms with Crippen molar-refractivity contribution in [1.82, 2.24) is 0 Å². The smallest absolute Gasteiger partial charge is 0.293 e. The van der Waals surface area contributed by atoms with Crippen LogP contribution >= 0.6 is 0 Å². The van der Waals surface area contributed by atoms with Crippen LogP contribution < -0.4 is 9.47 Å². The molecule has 0 bridgehead atoms. The van der Waals surface area contributed by atoms with E-state index in [0.29, 0.717) is 25.2 Å². The normalized spacial score (nSPS) is 11.5. The van der Waals surface area contributed by atoms with Crippen LogP contribution in [0, 0.1) is 0 Å². The van der Waals surface area contributed by atoms with Crippen LogP contribution in [0.1, 0.15) is 13.3 Å². The molecule has 0 radical (unpaired) electrons. The Morgan fingerprint density at radius 3 is 2.19 bits per heavy atom. The fraction of sp³-hybridized carbons (Fsp3) is 0.235. The maximum absolute atomic E-state index is 10.3. The first-order chi connectivity index (χ1) is 10.3. The van der Waals surface area contributed by atoms with Gasteiger partial charge in [0.15, 0.2) is 0 Å². The summed E-state index contributed by atoms with van der Waals surface area (Å²) in [5.41, 5.74) is 0. The summed E-state index contributed by atoms with van der Waals surface area (Å²) in [6.07, 6.45) is 0.497. The average molecular weight is 286 g/mol. The van der Waals surface area contributed by atoms with Crippen molar-refractivity contribution in [3.63, 3.8) is 0 Å². The van der Waals surface area contributed by atoms with E-state index in [1.165, 1.54) is 0 Å². The molecule has 21 heavy (non-hydrogen) atoms. The number of carbonyl (C=O) groups is 1. The van der Waals surface area contributed by atoms with Crippen LogP contribution in [0.25, 0.3) is 0 Å². The van der Waals surface area contributed by atoms with Crippen LogP contribution in [0.2, 0.25) is 0 Å². The number of ether oxygens (including phenoxy) is 3. The van der Waals surface area contributed by atoms with Gasteiger partial charge in [-0.2, -0.15) is 0 Å². The molecule has 0 spiro atoms. The predicted octanol–water partition coefficient (Wildman–Crippen LogP) is 3.81. The summed E-state index contributed by atoms with van der Waals surface area (Å²) in [6.45, 7) is 2.73. The highest BCUT2D eigenvalue weighted by Crippen LogP contribution is 2.23. The summed E-state index contributed by atoms with van der Waals surface area (Å²) >= 11 is 0. The molecule has 0 amide bonds. The van der Waals surface area contributed by atoms with Crippen LogP contribution in [0.4, 0.5) is 0 Å². The van der Waals surface area contributed by atoms with Crippen molar-refractivity contribution in [2.45, 2.75) is 19.4 Å². The van der Waals surface area contributed by atoms with E-state index < -0.39 is 0 Å². The topological polar surface area (TPSA) is 44.8 Å². The van der Waals surface area contributed by atoms with Gasteiger partial charge < -0.3 is 14.2 Å². The lowest BCUT2D eigenvalue weighted by atomic mass is 10.3. The fourth-order valence-electron chi connectivity index (χ4n) is 1.75. The number of hydrogen-bond acceptors (Lipinski definition) is 4. The molecule has 0 fully saturated rings. The Morgan fingerprint density at radius 2 is 1.57 bits per heavy atom. The first-order valence-corrected chi connectivity index (χ1v) is 6.86. The third-order valence-corrected chi connectivity index (χ3v) is 2.94. The van der Waals surface area contributed by atoms with E-state index in [9.17, 15) is 4.79 Å². The van der Waals surface area contributed by atoms with E-state index in [4.69, 9.17) is 14.2 Å². The van der Waals surface area contributed by atoms with E-state index in [1.54, 1.807) is 0 Å². The molecule has 2 aromatic rings. The van der Waals surface area contributed by atoms with Crippen molar-refractivity contribution < 1.29 is 19.0 Å². The van der Waals surface area contributed by atoms with Crippen molar-refractivity contribution in [2.75, 3.05) is 6.61 Å². The number of rotatable bonds is 8. The highest BCUT2D eigenvalue weighted by atomic mass is 16.6. The lowest BCUT2D eigenvalue weighted by molar-refractivity contribution is -0.135. The Hall–Kier alpha value is -2.49. The van der Waals surface area contributed by atoms with E-state index in [1.807, 2.05) is 61.5 Å². The Bertz CT molecular complexity index is 536. The van der Waals surface area contributed by atoms with Crippen LogP contribution in [-0.4, -0.2) is 19.2 Å². The summed E-state index contributed by atoms with van der Waals surface area (Å²) in [5.74, 6) is 2.24. The van der Waals surface area contributed by atoms with Crippen molar-refractivity contribution in [2.24, 2.45) is 0 Å². The monoisotopic (exact) mass is 286 g/mol. The molecule has 2 aromatic carbocycles. The molecule has 4 nitrogen and oxygen atoms in total. The molecule has 0 heterocycles. The first kappa shape index (κ1) is 14.9. The van der Waals surface area contributed by atoms with Crippen molar-refractivity contribution in [3.05, 3.63) is 54.6 Å². The minimum Gasteiger partial charge on any atom is -0.490 e. The lowest BCUT2D eigenvalue weighted by Gasteiger charge is -2.14. The van der Waals surface area contributed by atoms with Gasteiger partial charge in [-0.3, -0.25) is 4.79 Å². The van der Waals surface area contributed by atoms with E-state index >= 15 is 0 Å². The Morgan fingerprint density at radius 1 is 0.952 bits per heavy atom. The molecule has 2 rings (SSSR count). The molecule has 0 aliphatic heterocycles. The summed E-state index contributed by atoms with van der Waals surface area (Å²) < 4.78 is 16.2. The van der Waals surface area contributed by atoms with Gasteiger partial charge in [0, 0.05) is 0 Å². The maximum atomic E-state index is 10.3. The molecule has 0 N–H and O–H groups in total. The van der Waals surface area contributed by atoms with Gasteiger partial charge in [0.25, 0.3) is 6.47 Å². The SMILES string of the molecule is CCC(COc1ccc(Oc2ccccc2)cc1)OC=O. The molecule has 110 valence electrons. The Labute approximate surface area is 124 Å². The predicted molar refractivity (Wildman–Crippen MR) is 79.7 cm³/mol. The molecule has 1 unspecified atom stereocenters. The minimum atomic E-state index is -0.220. The van der Waals surface area contributed by atoms with Crippen LogP contribution in [0.5, 0.6) is 17.2 Å². The summed E-state index contributed by atoms with van der Waals surface area (Å²) in [5, 5.41) is 0.